The highest BCUT2D eigenvalue weighted by atomic mass is 19.4. The molecular formula is C14H19F3N4O2. The minimum Gasteiger partial charge on any atom is -0.337 e. The number of aromatic nitrogens is 2. The molecule has 2 saturated carbocycles. The molecule has 0 unspecified atom stereocenters. The van der Waals surface area contributed by atoms with E-state index in [1.54, 1.807) is 6.92 Å². The van der Waals surface area contributed by atoms with E-state index in [0.717, 1.165) is 0 Å². The van der Waals surface area contributed by atoms with Crippen LogP contribution in [0.1, 0.15) is 50.2 Å². The molecule has 0 saturated heterocycles. The van der Waals surface area contributed by atoms with Crippen molar-refractivity contribution in [2.45, 2.75) is 63.2 Å². The zero-order chi connectivity index (χ0) is 16.7. The van der Waals surface area contributed by atoms with Crippen LogP contribution in [0.5, 0.6) is 0 Å². The lowest BCUT2D eigenvalue weighted by Gasteiger charge is -2.31. The van der Waals surface area contributed by atoms with Crippen molar-refractivity contribution in [1.29, 1.82) is 0 Å². The van der Waals surface area contributed by atoms with Gasteiger partial charge in [0, 0.05) is 6.04 Å². The van der Waals surface area contributed by atoms with Crippen LogP contribution in [0.2, 0.25) is 0 Å². The molecule has 2 aliphatic carbocycles. The normalized spacial score (nSPS) is 26.6. The molecule has 1 aromatic heterocycles. The number of rotatable bonds is 3. The molecule has 0 aliphatic heterocycles. The monoisotopic (exact) mass is 332 g/mol. The number of aryl methyl sites for hydroxylation is 1. The number of hydrogen-bond acceptors (Lipinski definition) is 4. The van der Waals surface area contributed by atoms with Gasteiger partial charge in [0.05, 0.1) is 5.92 Å². The molecule has 1 aromatic rings. The van der Waals surface area contributed by atoms with Crippen LogP contribution >= 0.6 is 0 Å². The van der Waals surface area contributed by atoms with E-state index < -0.39 is 29.7 Å². The third-order valence-electron chi connectivity index (χ3n) is 4.51. The van der Waals surface area contributed by atoms with Gasteiger partial charge in [-0.3, -0.25) is 0 Å². The van der Waals surface area contributed by atoms with Crippen molar-refractivity contribution in [1.82, 2.24) is 20.8 Å². The van der Waals surface area contributed by atoms with Gasteiger partial charge in [0.2, 0.25) is 0 Å². The van der Waals surface area contributed by atoms with E-state index in [9.17, 15) is 18.0 Å². The number of amides is 2. The highest BCUT2D eigenvalue weighted by Gasteiger charge is 2.51. The molecule has 2 fully saturated rings. The first-order valence-electron chi connectivity index (χ1n) is 7.75. The molecular weight excluding hydrogens is 313 g/mol. The maximum atomic E-state index is 12.8. The lowest BCUT2D eigenvalue weighted by atomic mass is 9.85. The van der Waals surface area contributed by atoms with Crippen molar-refractivity contribution in [2.24, 2.45) is 5.92 Å². The maximum absolute atomic E-state index is 12.8. The van der Waals surface area contributed by atoms with Gasteiger partial charge < -0.3 is 15.2 Å². The maximum Gasteiger partial charge on any atom is 0.391 e. The van der Waals surface area contributed by atoms with Crippen LogP contribution in [0, 0.1) is 12.8 Å². The van der Waals surface area contributed by atoms with Crippen molar-refractivity contribution >= 4 is 6.03 Å². The third-order valence-corrected chi connectivity index (χ3v) is 4.51. The Morgan fingerprint density at radius 2 is 2.09 bits per heavy atom. The fourth-order valence-electron chi connectivity index (χ4n) is 3.07. The number of urea groups is 1. The first-order chi connectivity index (χ1) is 10.8. The Morgan fingerprint density at radius 3 is 2.65 bits per heavy atom. The molecule has 0 radical (unpaired) electrons. The molecule has 2 atom stereocenters. The van der Waals surface area contributed by atoms with Gasteiger partial charge in [-0.25, -0.2) is 4.79 Å². The molecule has 2 N–H and O–H groups in total. The Morgan fingerprint density at radius 1 is 1.35 bits per heavy atom. The van der Waals surface area contributed by atoms with Gasteiger partial charge >= 0.3 is 12.2 Å². The van der Waals surface area contributed by atoms with Crippen LogP contribution < -0.4 is 10.6 Å². The van der Waals surface area contributed by atoms with Crippen LogP contribution in [-0.2, 0) is 5.54 Å². The van der Waals surface area contributed by atoms with E-state index in [1.807, 2.05) is 0 Å². The Bertz CT molecular complexity index is 583. The summed E-state index contributed by atoms with van der Waals surface area (Å²) in [5, 5.41) is 9.12. The molecule has 0 bridgehead atoms. The summed E-state index contributed by atoms with van der Waals surface area (Å²) in [6, 6.07) is -0.943. The smallest absolute Gasteiger partial charge is 0.337 e. The number of hydrogen-bond donors (Lipinski definition) is 2. The van der Waals surface area contributed by atoms with Gasteiger partial charge in [-0.15, -0.1) is 0 Å². The summed E-state index contributed by atoms with van der Waals surface area (Å²) in [6.07, 6.45) is -1.75. The predicted molar refractivity (Wildman–Crippen MR) is 73.4 cm³/mol. The average molecular weight is 332 g/mol. The van der Waals surface area contributed by atoms with E-state index in [1.165, 1.54) is 0 Å². The van der Waals surface area contributed by atoms with Crippen molar-refractivity contribution in [3.8, 4) is 0 Å². The standard InChI is InChI=1S/C14H19F3N4O2/c1-8-18-11(23-21-8)13(5-6-13)20-12(22)19-10-4-2-3-9(7-10)14(15,16)17/h9-10H,2-7H2,1H3,(H2,19,20,22)/t9-,10+/m0/s1. The van der Waals surface area contributed by atoms with Crippen molar-refractivity contribution in [3.63, 3.8) is 0 Å². The van der Waals surface area contributed by atoms with Gasteiger partial charge in [-0.05, 0) is 39.0 Å². The van der Waals surface area contributed by atoms with Gasteiger partial charge in [0.25, 0.3) is 5.89 Å². The summed E-state index contributed by atoms with van der Waals surface area (Å²) in [5.41, 5.74) is -0.663. The van der Waals surface area contributed by atoms with Gasteiger partial charge in [0.15, 0.2) is 5.82 Å². The molecule has 2 amide bonds. The second kappa shape index (κ2) is 5.68. The number of nitrogens with one attached hydrogen (secondary N) is 2. The summed E-state index contributed by atoms with van der Waals surface area (Å²) in [7, 11) is 0. The zero-order valence-corrected chi connectivity index (χ0v) is 12.7. The topological polar surface area (TPSA) is 80.0 Å². The van der Waals surface area contributed by atoms with E-state index in [-0.39, 0.29) is 12.8 Å². The van der Waals surface area contributed by atoms with Crippen LogP contribution in [0.15, 0.2) is 4.52 Å². The number of halogens is 3. The number of carbonyl (C=O) groups is 1. The van der Waals surface area contributed by atoms with E-state index in [2.05, 4.69) is 20.8 Å². The zero-order valence-electron chi connectivity index (χ0n) is 12.7. The summed E-state index contributed by atoms with van der Waals surface area (Å²) in [4.78, 5) is 16.2. The molecule has 2 aliphatic rings. The first-order valence-corrected chi connectivity index (χ1v) is 7.75. The lowest BCUT2D eigenvalue weighted by molar-refractivity contribution is -0.183. The number of alkyl halides is 3. The fraction of sp³-hybridized carbons (Fsp3) is 0.786. The van der Waals surface area contributed by atoms with Gasteiger partial charge in [0.1, 0.15) is 5.54 Å². The second-order valence-corrected chi connectivity index (χ2v) is 6.43. The SMILES string of the molecule is Cc1noc(C2(NC(=O)N[C@@H]3CCC[C@H](C(F)(F)F)C3)CC2)n1. The van der Waals surface area contributed by atoms with E-state index >= 15 is 0 Å². The molecule has 23 heavy (non-hydrogen) atoms. The highest BCUT2D eigenvalue weighted by Crippen LogP contribution is 2.44. The Kier molecular flexibility index (Phi) is 3.97. The van der Waals surface area contributed by atoms with Crippen LogP contribution in [0.3, 0.4) is 0 Å². The molecule has 128 valence electrons. The van der Waals surface area contributed by atoms with Gasteiger partial charge in [-0.2, -0.15) is 18.2 Å². The van der Waals surface area contributed by atoms with Crippen molar-refractivity contribution < 1.29 is 22.5 Å². The Hall–Kier alpha value is -1.80. The van der Waals surface area contributed by atoms with E-state index in [4.69, 9.17) is 4.52 Å². The summed E-state index contributed by atoms with van der Waals surface area (Å²) in [5.74, 6) is -0.509. The fourth-order valence-corrected chi connectivity index (χ4v) is 3.07. The van der Waals surface area contributed by atoms with E-state index in [0.29, 0.717) is 37.4 Å². The van der Waals surface area contributed by atoms with Crippen molar-refractivity contribution in [2.75, 3.05) is 0 Å². The quantitative estimate of drug-likeness (QED) is 0.892. The molecule has 3 rings (SSSR count). The first kappa shape index (κ1) is 16.1. The summed E-state index contributed by atoms with van der Waals surface area (Å²) in [6.45, 7) is 1.68. The number of carbonyl (C=O) groups excluding carboxylic acids is 1. The van der Waals surface area contributed by atoms with Gasteiger partial charge in [-0.1, -0.05) is 11.6 Å². The average Bonchev–Trinajstić information content (AvgIpc) is 3.10. The van der Waals surface area contributed by atoms with Crippen LogP contribution in [0.25, 0.3) is 0 Å². The molecule has 6 nitrogen and oxygen atoms in total. The molecule has 0 aromatic carbocycles. The highest BCUT2D eigenvalue weighted by molar-refractivity contribution is 5.75. The van der Waals surface area contributed by atoms with Crippen LogP contribution in [-0.4, -0.2) is 28.4 Å². The lowest BCUT2D eigenvalue weighted by Crippen LogP contribution is -2.48. The minimum atomic E-state index is -4.20. The Labute approximate surface area is 131 Å². The molecule has 1 heterocycles. The summed E-state index contributed by atoms with van der Waals surface area (Å²) >= 11 is 0. The Balaban J connectivity index is 1.55. The third kappa shape index (κ3) is 3.59. The second-order valence-electron chi connectivity index (χ2n) is 6.43. The minimum absolute atomic E-state index is 0.0659. The predicted octanol–water partition coefficient (Wildman–Crippen LogP) is 2.79. The van der Waals surface area contributed by atoms with Crippen molar-refractivity contribution in [3.05, 3.63) is 11.7 Å². The molecule has 0 spiro atoms. The number of nitrogens with zero attached hydrogens (tertiary/aromatic N) is 2. The van der Waals surface area contributed by atoms with Crippen LogP contribution in [0.4, 0.5) is 18.0 Å². The molecule has 9 heteroatoms. The largest absolute Gasteiger partial charge is 0.391 e. The summed E-state index contributed by atoms with van der Waals surface area (Å²) < 4.78 is 43.5.